The number of nitrogens with one attached hydrogen (secondary N) is 1. The quantitative estimate of drug-likeness (QED) is 0.817. The third-order valence-corrected chi connectivity index (χ3v) is 3.45. The van der Waals surface area contributed by atoms with E-state index in [9.17, 15) is 4.79 Å². The van der Waals surface area contributed by atoms with Crippen LogP contribution in [-0.2, 0) is 13.0 Å². The molecule has 6 nitrogen and oxygen atoms in total. The maximum Gasteiger partial charge on any atom is 0.250 e. The summed E-state index contributed by atoms with van der Waals surface area (Å²) in [6.45, 7) is 4.70. The van der Waals surface area contributed by atoms with Gasteiger partial charge in [0, 0.05) is 12.1 Å². The molecule has 0 aliphatic carbocycles. The first kappa shape index (κ1) is 16.3. The number of hydrogen-bond acceptors (Lipinski definition) is 5. The van der Waals surface area contributed by atoms with E-state index in [0.29, 0.717) is 34.8 Å². The smallest absolute Gasteiger partial charge is 0.250 e. The molecule has 1 aromatic carbocycles. The minimum absolute atomic E-state index is 0.293. The van der Waals surface area contributed by atoms with Gasteiger partial charge in [0.1, 0.15) is 0 Å². The Morgan fingerprint density at radius 2 is 2.23 bits per heavy atom. The fourth-order valence-corrected chi connectivity index (χ4v) is 2.16. The van der Waals surface area contributed by atoms with Gasteiger partial charge in [0.2, 0.25) is 11.8 Å². The van der Waals surface area contributed by atoms with Gasteiger partial charge in [-0.15, -0.1) is 0 Å². The minimum Gasteiger partial charge on any atom is -0.376 e. The number of hydrogen-bond donors (Lipinski definition) is 2. The number of aryl methyl sites for hydroxylation is 1. The maximum absolute atomic E-state index is 11.1. The molecule has 22 heavy (non-hydrogen) atoms. The third-order valence-electron chi connectivity index (χ3n) is 3.13. The maximum atomic E-state index is 11.1. The first-order chi connectivity index (χ1) is 10.5. The van der Waals surface area contributed by atoms with Crippen molar-refractivity contribution in [1.29, 1.82) is 0 Å². The molecule has 0 unspecified atom stereocenters. The second kappa shape index (κ2) is 7.26. The van der Waals surface area contributed by atoms with Crippen molar-refractivity contribution >= 4 is 23.2 Å². The van der Waals surface area contributed by atoms with E-state index in [-0.39, 0.29) is 0 Å². The van der Waals surface area contributed by atoms with Crippen molar-refractivity contribution in [2.75, 3.05) is 5.32 Å². The molecule has 3 N–H and O–H groups in total. The molecule has 0 saturated heterocycles. The van der Waals surface area contributed by atoms with E-state index in [0.717, 1.165) is 18.5 Å². The number of carbonyl (C=O) groups is 1. The topological polar surface area (TPSA) is 94.0 Å². The van der Waals surface area contributed by atoms with Gasteiger partial charge in [-0.05, 0) is 30.5 Å². The number of benzene rings is 1. The molecule has 0 saturated carbocycles. The van der Waals surface area contributed by atoms with Crippen molar-refractivity contribution in [2.45, 2.75) is 33.2 Å². The highest BCUT2D eigenvalue weighted by Gasteiger charge is 2.09. The van der Waals surface area contributed by atoms with Gasteiger partial charge in [-0.3, -0.25) is 4.79 Å². The highest BCUT2D eigenvalue weighted by molar-refractivity contribution is 6.34. The zero-order valence-electron chi connectivity index (χ0n) is 12.6. The van der Waals surface area contributed by atoms with Crippen molar-refractivity contribution < 1.29 is 9.32 Å². The Morgan fingerprint density at radius 1 is 1.45 bits per heavy atom. The summed E-state index contributed by atoms with van der Waals surface area (Å²) in [5.74, 6) is 1.27. The molecule has 7 heteroatoms. The van der Waals surface area contributed by atoms with Gasteiger partial charge in [0.05, 0.1) is 17.1 Å². The number of nitrogens with two attached hydrogens (primary N) is 1. The van der Waals surface area contributed by atoms with E-state index in [4.69, 9.17) is 21.9 Å². The Hall–Kier alpha value is -2.08. The number of nitrogens with zero attached hydrogens (tertiary/aromatic N) is 2. The number of aromatic nitrogens is 2. The summed E-state index contributed by atoms with van der Waals surface area (Å²) in [5.41, 5.74) is 6.24. The number of primary amides is 1. The van der Waals surface area contributed by atoms with E-state index in [1.165, 1.54) is 0 Å². The molecule has 1 amide bonds. The van der Waals surface area contributed by atoms with Crippen LogP contribution >= 0.6 is 11.6 Å². The Balaban J connectivity index is 1.93. The van der Waals surface area contributed by atoms with Gasteiger partial charge in [0.15, 0.2) is 5.82 Å². The predicted molar refractivity (Wildman–Crippen MR) is 84.8 cm³/mol. The lowest BCUT2D eigenvalue weighted by molar-refractivity contribution is 0.100. The van der Waals surface area contributed by atoms with Gasteiger partial charge in [-0.1, -0.05) is 30.6 Å². The van der Waals surface area contributed by atoms with Crippen LogP contribution in [0.2, 0.25) is 5.02 Å². The van der Waals surface area contributed by atoms with Crippen LogP contribution in [0.4, 0.5) is 5.69 Å². The van der Waals surface area contributed by atoms with Gasteiger partial charge in [0.25, 0.3) is 0 Å². The normalized spacial score (nSPS) is 10.9. The summed E-state index contributed by atoms with van der Waals surface area (Å²) in [7, 11) is 0. The molecule has 1 aromatic heterocycles. The van der Waals surface area contributed by atoms with E-state index in [1.807, 2.05) is 0 Å². The van der Waals surface area contributed by atoms with Gasteiger partial charge >= 0.3 is 0 Å². The van der Waals surface area contributed by atoms with Crippen LogP contribution in [0.15, 0.2) is 22.7 Å². The molecular weight excluding hydrogens is 304 g/mol. The fourth-order valence-electron chi connectivity index (χ4n) is 1.88. The summed E-state index contributed by atoms with van der Waals surface area (Å²) in [6.07, 6.45) is 1.83. The lowest BCUT2D eigenvalue weighted by Gasteiger charge is -2.06. The second-order valence-corrected chi connectivity index (χ2v) is 5.86. The summed E-state index contributed by atoms with van der Waals surface area (Å²) in [5, 5.41) is 7.36. The summed E-state index contributed by atoms with van der Waals surface area (Å²) in [4.78, 5) is 15.4. The lowest BCUT2D eigenvalue weighted by Crippen LogP contribution is -2.11. The van der Waals surface area contributed by atoms with Crippen LogP contribution < -0.4 is 11.1 Å². The van der Waals surface area contributed by atoms with Crippen LogP contribution in [0.25, 0.3) is 0 Å². The molecule has 0 fully saturated rings. The molecule has 0 bridgehead atoms. The highest BCUT2D eigenvalue weighted by Crippen LogP contribution is 2.21. The molecule has 1 heterocycles. The first-order valence-electron chi connectivity index (χ1n) is 7.10. The van der Waals surface area contributed by atoms with Crippen LogP contribution in [-0.4, -0.2) is 16.0 Å². The molecule has 0 aliphatic rings. The van der Waals surface area contributed by atoms with Crippen LogP contribution in [0.5, 0.6) is 0 Å². The number of carbonyl (C=O) groups excluding carboxylic acids is 1. The number of halogens is 1. The molecule has 2 rings (SSSR count). The van der Waals surface area contributed by atoms with Crippen molar-refractivity contribution in [1.82, 2.24) is 10.1 Å². The largest absolute Gasteiger partial charge is 0.376 e. The van der Waals surface area contributed by atoms with Crippen molar-refractivity contribution in [3.05, 3.63) is 40.5 Å². The number of rotatable bonds is 7. The van der Waals surface area contributed by atoms with E-state index >= 15 is 0 Å². The number of amides is 1. The molecule has 118 valence electrons. The average molecular weight is 323 g/mol. The Kier molecular flexibility index (Phi) is 5.38. The van der Waals surface area contributed by atoms with Crippen molar-refractivity contribution in [3.63, 3.8) is 0 Å². The summed E-state index contributed by atoms with van der Waals surface area (Å²) in [6, 6.07) is 4.94. The third kappa shape index (κ3) is 4.46. The van der Waals surface area contributed by atoms with E-state index in [1.54, 1.807) is 18.2 Å². The Bertz CT molecular complexity index is 655. The van der Waals surface area contributed by atoms with E-state index < -0.39 is 5.91 Å². The Morgan fingerprint density at radius 3 is 2.86 bits per heavy atom. The van der Waals surface area contributed by atoms with Gasteiger partial charge < -0.3 is 15.6 Å². The van der Waals surface area contributed by atoms with Gasteiger partial charge in [-0.25, -0.2) is 0 Å². The molecule has 0 atom stereocenters. The fraction of sp³-hybridized carbons (Fsp3) is 0.400. The summed E-state index contributed by atoms with van der Waals surface area (Å²) >= 11 is 5.99. The number of anilines is 1. The molecule has 0 radical (unpaired) electrons. The van der Waals surface area contributed by atoms with Crippen LogP contribution in [0.1, 0.15) is 42.3 Å². The van der Waals surface area contributed by atoms with E-state index in [2.05, 4.69) is 29.3 Å². The zero-order chi connectivity index (χ0) is 16.1. The minimum atomic E-state index is -0.553. The molecule has 0 spiro atoms. The second-order valence-electron chi connectivity index (χ2n) is 5.45. The van der Waals surface area contributed by atoms with Crippen molar-refractivity contribution in [2.24, 2.45) is 11.7 Å². The Labute approximate surface area is 134 Å². The zero-order valence-corrected chi connectivity index (χ0v) is 13.4. The lowest BCUT2D eigenvalue weighted by atomic mass is 10.1. The standard InChI is InChI=1S/C15H19ClN4O2/c1-9(2)3-6-13-19-14(22-20-13)8-18-10-4-5-11(15(17)21)12(16)7-10/h4-5,7,9,18H,3,6,8H2,1-2H3,(H2,17,21). The van der Waals surface area contributed by atoms with Crippen molar-refractivity contribution in [3.8, 4) is 0 Å². The van der Waals surface area contributed by atoms with Crippen LogP contribution in [0, 0.1) is 5.92 Å². The molecular formula is C15H19ClN4O2. The predicted octanol–water partition coefficient (Wildman–Crippen LogP) is 3.02. The summed E-state index contributed by atoms with van der Waals surface area (Å²) < 4.78 is 5.18. The highest BCUT2D eigenvalue weighted by atomic mass is 35.5. The molecule has 0 aliphatic heterocycles. The monoisotopic (exact) mass is 322 g/mol. The first-order valence-corrected chi connectivity index (χ1v) is 7.48. The van der Waals surface area contributed by atoms with Crippen LogP contribution in [0.3, 0.4) is 0 Å². The SMILES string of the molecule is CC(C)CCc1noc(CNc2ccc(C(N)=O)c(Cl)c2)n1. The average Bonchev–Trinajstić information content (AvgIpc) is 2.90. The van der Waals surface area contributed by atoms with Gasteiger partial charge in [-0.2, -0.15) is 4.98 Å². The molecule has 2 aromatic rings.